The number of ether oxygens (including phenoxy) is 3. The predicted molar refractivity (Wildman–Crippen MR) is 85.7 cm³/mol. The van der Waals surface area contributed by atoms with Crippen molar-refractivity contribution >= 4 is 11.0 Å². The number of epoxide rings is 1. The fourth-order valence-corrected chi connectivity index (χ4v) is 3.59. The molecule has 1 aromatic heterocycles. The first-order valence-electron chi connectivity index (χ1n) is 8.07. The van der Waals surface area contributed by atoms with E-state index in [0.29, 0.717) is 17.1 Å². The molecule has 2 heterocycles. The molecule has 23 heavy (non-hydrogen) atoms. The van der Waals surface area contributed by atoms with E-state index in [1.165, 1.54) is 0 Å². The van der Waals surface area contributed by atoms with E-state index < -0.39 is 0 Å². The lowest BCUT2D eigenvalue weighted by Gasteiger charge is -2.20. The molecule has 2 aromatic rings. The minimum Gasteiger partial charge on any atom is -0.493 e. The van der Waals surface area contributed by atoms with Gasteiger partial charge in [-0.25, -0.2) is 4.79 Å². The quantitative estimate of drug-likeness (QED) is 0.641. The van der Waals surface area contributed by atoms with Gasteiger partial charge in [0.15, 0.2) is 11.3 Å². The van der Waals surface area contributed by atoms with E-state index in [9.17, 15) is 4.79 Å². The van der Waals surface area contributed by atoms with E-state index in [1.807, 2.05) is 6.07 Å². The molecule has 1 aromatic carbocycles. The molecule has 0 unspecified atom stereocenters. The van der Waals surface area contributed by atoms with Gasteiger partial charge in [0.1, 0.15) is 0 Å². The lowest BCUT2D eigenvalue weighted by atomic mass is 9.88. The lowest BCUT2D eigenvalue weighted by molar-refractivity contribution is 0.350. The summed E-state index contributed by atoms with van der Waals surface area (Å²) in [6.07, 6.45) is 4.89. The van der Waals surface area contributed by atoms with Gasteiger partial charge in [0.05, 0.1) is 26.9 Å². The second kappa shape index (κ2) is 5.57. The first-order valence-corrected chi connectivity index (χ1v) is 8.07. The van der Waals surface area contributed by atoms with Crippen LogP contribution < -0.4 is 15.1 Å². The molecule has 1 aliphatic heterocycles. The van der Waals surface area contributed by atoms with Gasteiger partial charge in [0, 0.05) is 17.4 Å². The fraction of sp³-hybridized carbons (Fsp3) is 0.500. The van der Waals surface area contributed by atoms with Crippen LogP contribution in [0.5, 0.6) is 11.5 Å². The van der Waals surface area contributed by atoms with Crippen LogP contribution in [0.4, 0.5) is 0 Å². The Kier molecular flexibility index (Phi) is 3.53. The van der Waals surface area contributed by atoms with E-state index in [2.05, 4.69) is 0 Å². The van der Waals surface area contributed by atoms with Gasteiger partial charge in [-0.2, -0.15) is 0 Å². The van der Waals surface area contributed by atoms with E-state index in [-0.39, 0.29) is 11.7 Å². The van der Waals surface area contributed by atoms with Gasteiger partial charge in [0.2, 0.25) is 5.75 Å². The number of aryl methyl sites for hydroxylation is 1. The zero-order chi connectivity index (χ0) is 16.0. The first-order chi connectivity index (χ1) is 11.2. The predicted octanol–water partition coefficient (Wildman–Crippen LogP) is 2.63. The molecule has 4 rings (SSSR count). The van der Waals surface area contributed by atoms with E-state index in [1.54, 1.807) is 14.2 Å². The number of benzene rings is 1. The van der Waals surface area contributed by atoms with E-state index in [4.69, 9.17) is 18.6 Å². The van der Waals surface area contributed by atoms with Crippen LogP contribution in [0.25, 0.3) is 11.0 Å². The first kappa shape index (κ1) is 14.6. The van der Waals surface area contributed by atoms with Crippen LogP contribution in [0.2, 0.25) is 0 Å². The van der Waals surface area contributed by atoms with Gasteiger partial charge in [-0.05, 0) is 42.9 Å². The lowest BCUT2D eigenvalue weighted by Crippen LogP contribution is -2.17. The number of hydrogen-bond donors (Lipinski definition) is 0. The minimum absolute atomic E-state index is 0.243. The van der Waals surface area contributed by atoms with Crippen molar-refractivity contribution in [2.75, 3.05) is 20.8 Å². The van der Waals surface area contributed by atoms with E-state index >= 15 is 0 Å². The van der Waals surface area contributed by atoms with Gasteiger partial charge < -0.3 is 18.6 Å². The monoisotopic (exact) mass is 316 g/mol. The molecule has 1 aliphatic carbocycles. The average molecular weight is 316 g/mol. The summed E-state index contributed by atoms with van der Waals surface area (Å²) < 4.78 is 22.0. The second-order valence-electron chi connectivity index (χ2n) is 6.19. The van der Waals surface area contributed by atoms with Crippen molar-refractivity contribution in [2.24, 2.45) is 0 Å². The SMILES string of the molecule is COc1cc(C[C@@H]2CO2)c2c3c(c(=O)oc2c1OC)CCCC3. The summed E-state index contributed by atoms with van der Waals surface area (Å²) in [5.41, 5.74) is 3.33. The second-order valence-corrected chi connectivity index (χ2v) is 6.19. The smallest absolute Gasteiger partial charge is 0.339 e. The number of fused-ring (bicyclic) bond motifs is 3. The summed E-state index contributed by atoms with van der Waals surface area (Å²) in [6, 6.07) is 2.00. The molecule has 0 bridgehead atoms. The van der Waals surface area contributed by atoms with Crippen LogP contribution >= 0.6 is 0 Å². The molecule has 0 N–H and O–H groups in total. The van der Waals surface area contributed by atoms with Gasteiger partial charge in [-0.1, -0.05) is 0 Å². The van der Waals surface area contributed by atoms with Crippen molar-refractivity contribution in [3.05, 3.63) is 33.2 Å². The summed E-state index contributed by atoms with van der Waals surface area (Å²) in [4.78, 5) is 12.4. The summed E-state index contributed by atoms with van der Waals surface area (Å²) in [5.74, 6) is 1.09. The highest BCUT2D eigenvalue weighted by molar-refractivity contribution is 5.92. The van der Waals surface area contributed by atoms with Crippen LogP contribution in [0.3, 0.4) is 0 Å². The Labute approximate surface area is 134 Å². The molecule has 0 saturated carbocycles. The van der Waals surface area contributed by atoms with E-state index in [0.717, 1.165) is 60.8 Å². The third kappa shape index (κ3) is 2.39. The van der Waals surface area contributed by atoms with Crippen LogP contribution in [-0.2, 0) is 24.0 Å². The molecule has 2 aliphatic rings. The molecule has 1 saturated heterocycles. The number of hydrogen-bond acceptors (Lipinski definition) is 5. The maximum absolute atomic E-state index is 12.4. The standard InChI is InChI=1S/C18H20O5/c1-20-14-8-10(7-11-9-22-11)15-12-5-3-4-6-13(12)18(19)23-17(15)16(14)21-2/h8,11H,3-7,9H2,1-2H3/t11-/m1/s1. The van der Waals surface area contributed by atoms with Crippen LogP contribution in [0, 0.1) is 0 Å². The maximum Gasteiger partial charge on any atom is 0.339 e. The third-order valence-electron chi connectivity index (χ3n) is 4.77. The maximum atomic E-state index is 12.4. The molecule has 5 heteroatoms. The zero-order valence-electron chi connectivity index (χ0n) is 13.4. The summed E-state index contributed by atoms with van der Waals surface area (Å²) in [7, 11) is 3.16. The molecular weight excluding hydrogens is 296 g/mol. The van der Waals surface area contributed by atoms with Crippen molar-refractivity contribution in [2.45, 2.75) is 38.2 Å². The summed E-state index contributed by atoms with van der Waals surface area (Å²) >= 11 is 0. The fourth-order valence-electron chi connectivity index (χ4n) is 3.59. The average Bonchev–Trinajstić information content (AvgIpc) is 3.38. The van der Waals surface area contributed by atoms with Gasteiger partial charge >= 0.3 is 5.63 Å². The highest BCUT2D eigenvalue weighted by Gasteiger charge is 2.29. The summed E-state index contributed by atoms with van der Waals surface area (Å²) in [6.45, 7) is 0.787. The Hall–Kier alpha value is -2.01. The Balaban J connectivity index is 2.07. The third-order valence-corrected chi connectivity index (χ3v) is 4.77. The van der Waals surface area contributed by atoms with Crippen LogP contribution in [0.1, 0.15) is 29.5 Å². The van der Waals surface area contributed by atoms with Crippen LogP contribution in [0.15, 0.2) is 15.3 Å². The van der Waals surface area contributed by atoms with Crippen molar-refractivity contribution in [3.8, 4) is 11.5 Å². The van der Waals surface area contributed by atoms with Crippen LogP contribution in [-0.4, -0.2) is 26.9 Å². The highest BCUT2D eigenvalue weighted by Crippen LogP contribution is 2.41. The normalized spacial score (nSPS) is 19.5. The Morgan fingerprint density at radius 3 is 2.57 bits per heavy atom. The Morgan fingerprint density at radius 1 is 1.17 bits per heavy atom. The summed E-state index contributed by atoms with van der Waals surface area (Å²) in [5, 5.41) is 1.02. The van der Waals surface area contributed by atoms with Gasteiger partial charge in [-0.15, -0.1) is 0 Å². The highest BCUT2D eigenvalue weighted by atomic mass is 16.6. The van der Waals surface area contributed by atoms with Gasteiger partial charge in [-0.3, -0.25) is 0 Å². The molecule has 0 amide bonds. The molecule has 5 nitrogen and oxygen atoms in total. The van der Waals surface area contributed by atoms with Crippen molar-refractivity contribution in [1.82, 2.24) is 0 Å². The minimum atomic E-state index is -0.243. The topological polar surface area (TPSA) is 61.2 Å². The molecule has 0 radical (unpaired) electrons. The Morgan fingerprint density at radius 2 is 1.91 bits per heavy atom. The number of rotatable bonds is 4. The molecule has 1 fully saturated rings. The largest absolute Gasteiger partial charge is 0.493 e. The van der Waals surface area contributed by atoms with Gasteiger partial charge in [0.25, 0.3) is 0 Å². The Bertz CT molecular complexity index is 816. The molecule has 1 atom stereocenters. The zero-order valence-corrected chi connectivity index (χ0v) is 13.4. The molecule has 0 spiro atoms. The van der Waals surface area contributed by atoms with Crippen molar-refractivity contribution < 1.29 is 18.6 Å². The van der Waals surface area contributed by atoms with Crippen molar-refractivity contribution in [1.29, 1.82) is 0 Å². The molecule has 122 valence electrons. The molecular formula is C18H20O5. The van der Waals surface area contributed by atoms with Crippen molar-refractivity contribution in [3.63, 3.8) is 0 Å². The number of methoxy groups -OCH3 is 2.